The smallest absolute Gasteiger partial charge is 0.0986 e. The molecule has 0 aromatic rings. The summed E-state index contributed by atoms with van der Waals surface area (Å²) in [4.78, 5) is 0. The van der Waals surface area contributed by atoms with E-state index in [1.165, 1.54) is 0 Å². The molecule has 3 rings (SSSR count). The summed E-state index contributed by atoms with van der Waals surface area (Å²) >= 11 is 5.37. The average Bonchev–Trinajstić information content (AvgIpc) is 2.42. The van der Waals surface area contributed by atoms with Gasteiger partial charge in [-0.05, 0) is 55.6 Å². The van der Waals surface area contributed by atoms with Gasteiger partial charge < -0.3 is 25.0 Å². The van der Waals surface area contributed by atoms with Gasteiger partial charge in [0.15, 0.2) is 0 Å². The molecule has 3 fully saturated rings. The Hall–Kier alpha value is 0.155. The topological polar surface area (TPSA) is 95.8 Å². The molecule has 3 saturated carbocycles. The lowest BCUT2D eigenvalue weighted by Crippen LogP contribution is -2.74. The van der Waals surface area contributed by atoms with Crippen LogP contribution >= 0.6 is 11.6 Å². The molecular formula is C15H28BClO5-2. The monoisotopic (exact) mass is 334 g/mol. The second-order valence-electron chi connectivity index (χ2n) is 7.31. The van der Waals surface area contributed by atoms with Gasteiger partial charge in [0, 0.05) is 13.7 Å². The first-order valence-corrected chi connectivity index (χ1v) is 8.32. The Morgan fingerprint density at radius 3 is 2.27 bits per heavy atom. The summed E-state index contributed by atoms with van der Waals surface area (Å²) in [5, 5.41) is 39.7. The lowest BCUT2D eigenvalue weighted by molar-refractivity contribution is -0.349. The van der Waals surface area contributed by atoms with Gasteiger partial charge in [-0.25, -0.2) is 0 Å². The molecule has 3 unspecified atom stereocenters. The second-order valence-corrected chi connectivity index (χ2v) is 7.88. The van der Waals surface area contributed by atoms with Crippen molar-refractivity contribution in [3.05, 3.63) is 0 Å². The van der Waals surface area contributed by atoms with Crippen LogP contribution in [0.15, 0.2) is 0 Å². The van der Waals surface area contributed by atoms with Crippen LogP contribution in [-0.4, -0.2) is 47.5 Å². The van der Waals surface area contributed by atoms with Crippen molar-refractivity contribution in [1.29, 1.82) is 0 Å². The fraction of sp³-hybridized carbons (Fsp3) is 1.00. The van der Waals surface area contributed by atoms with Crippen LogP contribution in [0.5, 0.6) is 0 Å². The Morgan fingerprint density at radius 2 is 1.91 bits per heavy atom. The minimum atomic E-state index is -1.92. The minimum Gasteiger partial charge on any atom is -0.892 e. The number of methoxy groups -OCH3 is 1. The second kappa shape index (κ2) is 7.37. The zero-order valence-electron chi connectivity index (χ0n) is 14.0. The molecule has 3 aliphatic rings. The zero-order chi connectivity index (χ0) is 17.2. The SMILES string of the molecule is CC1(O)CCC2CC1(O)C2(C)C.COCCC[C@@H](Cl)B([O-])[O-]. The number of ether oxygens (including phenoxy) is 1. The molecular weight excluding hydrogens is 306 g/mol. The van der Waals surface area contributed by atoms with E-state index in [0.29, 0.717) is 25.4 Å². The molecule has 4 atom stereocenters. The van der Waals surface area contributed by atoms with Crippen LogP contribution < -0.4 is 10.0 Å². The normalized spacial score (nSPS) is 36.7. The maximum Gasteiger partial charge on any atom is 0.0986 e. The fourth-order valence-corrected chi connectivity index (χ4v) is 3.83. The van der Waals surface area contributed by atoms with E-state index in [0.717, 1.165) is 19.3 Å². The van der Waals surface area contributed by atoms with Crippen LogP contribution in [0, 0.1) is 11.3 Å². The maximum atomic E-state index is 10.2. The molecule has 2 N–H and O–H groups in total. The quantitative estimate of drug-likeness (QED) is 0.421. The van der Waals surface area contributed by atoms with Crippen LogP contribution in [0.3, 0.4) is 0 Å². The number of fused-ring (bicyclic) bond motifs is 2. The molecule has 130 valence electrons. The van der Waals surface area contributed by atoms with Crippen molar-refractivity contribution in [2.24, 2.45) is 11.3 Å². The number of aliphatic hydroxyl groups is 2. The number of halogens is 1. The largest absolute Gasteiger partial charge is 0.892 e. The fourth-order valence-electron chi connectivity index (χ4n) is 3.68. The molecule has 0 spiro atoms. The van der Waals surface area contributed by atoms with Gasteiger partial charge in [0.1, 0.15) is 0 Å². The van der Waals surface area contributed by atoms with Crippen molar-refractivity contribution < 1.29 is 25.0 Å². The van der Waals surface area contributed by atoms with Gasteiger partial charge in [-0.1, -0.05) is 21.0 Å². The number of alkyl halides is 1. The summed E-state index contributed by atoms with van der Waals surface area (Å²) in [6, 6.07) is 0. The molecule has 0 saturated heterocycles. The number of hydrogen-bond donors (Lipinski definition) is 2. The van der Waals surface area contributed by atoms with Gasteiger partial charge in [0.05, 0.1) is 11.2 Å². The molecule has 5 nitrogen and oxygen atoms in total. The molecule has 0 radical (unpaired) electrons. The van der Waals surface area contributed by atoms with Crippen LogP contribution in [-0.2, 0) is 4.74 Å². The van der Waals surface area contributed by atoms with Gasteiger partial charge in [-0.2, -0.15) is 0 Å². The molecule has 0 aromatic carbocycles. The van der Waals surface area contributed by atoms with Crippen molar-refractivity contribution >= 4 is 18.7 Å². The summed E-state index contributed by atoms with van der Waals surface area (Å²) < 4.78 is 4.71. The van der Waals surface area contributed by atoms with Crippen LogP contribution in [0.25, 0.3) is 0 Å². The molecule has 0 heterocycles. The highest BCUT2D eigenvalue weighted by molar-refractivity contribution is 6.54. The number of hydrogen-bond acceptors (Lipinski definition) is 5. The van der Waals surface area contributed by atoms with Crippen LogP contribution in [0.1, 0.15) is 52.9 Å². The molecule has 0 aliphatic heterocycles. The van der Waals surface area contributed by atoms with E-state index in [9.17, 15) is 20.3 Å². The predicted molar refractivity (Wildman–Crippen MR) is 83.2 cm³/mol. The molecule has 22 heavy (non-hydrogen) atoms. The summed E-state index contributed by atoms with van der Waals surface area (Å²) in [5.41, 5.74) is -1.79. The summed E-state index contributed by atoms with van der Waals surface area (Å²) in [6.07, 6.45) is 3.70. The summed E-state index contributed by atoms with van der Waals surface area (Å²) in [5.74, 6) is 0.614. The predicted octanol–water partition coefficient (Wildman–Crippen LogP) is 0.0768. The van der Waals surface area contributed by atoms with Gasteiger partial charge >= 0.3 is 0 Å². The first kappa shape index (κ1) is 20.2. The minimum absolute atomic E-state index is 0.0885. The van der Waals surface area contributed by atoms with E-state index in [4.69, 9.17) is 16.3 Å². The van der Waals surface area contributed by atoms with E-state index in [-0.39, 0.29) is 5.41 Å². The Balaban J connectivity index is 0.000000225. The molecule has 0 aromatic heterocycles. The molecule has 7 heteroatoms. The first-order chi connectivity index (χ1) is 9.99. The molecule has 2 bridgehead atoms. The van der Waals surface area contributed by atoms with E-state index >= 15 is 0 Å². The zero-order valence-corrected chi connectivity index (χ0v) is 14.7. The molecule has 0 amide bonds. The van der Waals surface area contributed by atoms with Gasteiger partial charge in [0.2, 0.25) is 0 Å². The van der Waals surface area contributed by atoms with Crippen molar-refractivity contribution in [2.45, 2.75) is 69.4 Å². The standard InChI is InChI=1S/C10H18O2.C5H10BClO3/c1-8(2)7-4-5-9(3,11)10(8,12)6-7;1-10-4-2-3-5(7)6(8)9/h7,11-12H,4-6H2,1-3H3;5H,2-4H2,1H3/q;-2/t;5-/m.1/s1. The lowest BCUT2D eigenvalue weighted by atomic mass is 9.41. The summed E-state index contributed by atoms with van der Waals surface area (Å²) in [7, 11) is -0.353. The highest BCUT2D eigenvalue weighted by Crippen LogP contribution is 2.65. The van der Waals surface area contributed by atoms with Crippen molar-refractivity contribution in [1.82, 2.24) is 0 Å². The Morgan fingerprint density at radius 1 is 1.32 bits per heavy atom. The third kappa shape index (κ3) is 3.79. The highest BCUT2D eigenvalue weighted by Gasteiger charge is 2.69. The van der Waals surface area contributed by atoms with Crippen molar-refractivity contribution in [3.63, 3.8) is 0 Å². The van der Waals surface area contributed by atoms with Crippen molar-refractivity contribution in [2.75, 3.05) is 13.7 Å². The third-order valence-electron chi connectivity index (χ3n) is 5.62. The Kier molecular flexibility index (Phi) is 6.76. The van der Waals surface area contributed by atoms with E-state index in [2.05, 4.69) is 13.8 Å². The van der Waals surface area contributed by atoms with Gasteiger partial charge in [-0.3, -0.25) is 0 Å². The van der Waals surface area contributed by atoms with Gasteiger partial charge in [-0.15, -0.1) is 11.6 Å². The van der Waals surface area contributed by atoms with Crippen LogP contribution in [0.2, 0.25) is 0 Å². The van der Waals surface area contributed by atoms with Gasteiger partial charge in [0.25, 0.3) is 0 Å². The average molecular weight is 335 g/mol. The number of rotatable bonds is 5. The highest BCUT2D eigenvalue weighted by atomic mass is 35.5. The van der Waals surface area contributed by atoms with E-state index in [1.54, 1.807) is 14.0 Å². The maximum absolute atomic E-state index is 10.2. The Bertz CT molecular complexity index is 354. The Labute approximate surface area is 138 Å². The lowest BCUT2D eigenvalue weighted by Gasteiger charge is -2.68. The third-order valence-corrected chi connectivity index (χ3v) is 6.05. The first-order valence-electron chi connectivity index (χ1n) is 7.89. The van der Waals surface area contributed by atoms with Crippen LogP contribution in [0.4, 0.5) is 0 Å². The summed E-state index contributed by atoms with van der Waals surface area (Å²) in [6.45, 7) is 6.45. The van der Waals surface area contributed by atoms with E-state index < -0.39 is 23.6 Å². The van der Waals surface area contributed by atoms with Crippen molar-refractivity contribution in [3.8, 4) is 0 Å². The molecule has 3 aliphatic carbocycles. The van der Waals surface area contributed by atoms with E-state index in [1.807, 2.05) is 0 Å².